The van der Waals surface area contributed by atoms with E-state index in [0.29, 0.717) is 16.8 Å². The molecule has 0 saturated heterocycles. The molecule has 35 heavy (non-hydrogen) atoms. The van der Waals surface area contributed by atoms with Crippen molar-refractivity contribution in [1.29, 1.82) is 0 Å². The van der Waals surface area contributed by atoms with Gasteiger partial charge in [0.05, 0.1) is 5.69 Å². The minimum absolute atomic E-state index is 0.154. The first-order valence-corrected chi connectivity index (χ1v) is 11.6. The molecule has 0 aliphatic carbocycles. The van der Waals surface area contributed by atoms with Crippen molar-refractivity contribution in [2.24, 2.45) is 34.2 Å². The van der Waals surface area contributed by atoms with Gasteiger partial charge in [-0.05, 0) is 23.3 Å². The van der Waals surface area contributed by atoms with Crippen molar-refractivity contribution >= 4 is 33.7 Å². The monoisotopic (exact) mass is 498 g/mol. The van der Waals surface area contributed by atoms with E-state index in [1.54, 1.807) is 18.2 Å². The Morgan fingerprint density at radius 3 is 2.46 bits per heavy atom. The number of carboxylic acids is 1. The topological polar surface area (TPSA) is 210 Å². The Morgan fingerprint density at radius 2 is 1.86 bits per heavy atom. The van der Waals surface area contributed by atoms with Gasteiger partial charge in [-0.15, -0.1) is 0 Å². The van der Waals surface area contributed by atoms with Gasteiger partial charge in [-0.2, -0.15) is 13.4 Å². The lowest BCUT2D eigenvalue weighted by molar-refractivity contribution is -0.671. The van der Waals surface area contributed by atoms with Gasteiger partial charge >= 0.3 is 5.97 Å². The van der Waals surface area contributed by atoms with Gasteiger partial charge in [0.25, 0.3) is 10.1 Å². The van der Waals surface area contributed by atoms with Crippen LogP contribution in [0.3, 0.4) is 0 Å². The molecule has 2 atom stereocenters. The van der Waals surface area contributed by atoms with Crippen LogP contribution in [-0.4, -0.2) is 47.3 Å². The zero-order valence-corrected chi connectivity index (χ0v) is 19.4. The standard InChI is InChI=1S/C22H23N7O5S/c1-29-8-6-14(7-9-29)17-5-4-16(27-22(25)28-21(23)24)11-15(17)3-2-13-10-18(35(32,33)34)19(20(30)31)26-12-13/h4-9,11-12,18-19H,10H2,1H3,(H8,23,24,25,26,27,28,30,31,32,33,34)/p+1/t18-,19+/m1/s1. The van der Waals surface area contributed by atoms with E-state index in [0.717, 1.165) is 11.1 Å². The Kier molecular flexibility index (Phi) is 7.38. The van der Waals surface area contributed by atoms with E-state index in [4.69, 9.17) is 17.2 Å². The highest BCUT2D eigenvalue weighted by molar-refractivity contribution is 7.86. The second-order valence-corrected chi connectivity index (χ2v) is 9.28. The summed E-state index contributed by atoms with van der Waals surface area (Å²) in [5.41, 5.74) is 19.2. The maximum atomic E-state index is 11.7. The molecule has 0 unspecified atom stereocenters. The summed E-state index contributed by atoms with van der Waals surface area (Å²) < 4.78 is 34.8. The molecule has 0 radical (unpaired) electrons. The van der Waals surface area contributed by atoms with E-state index in [1.165, 1.54) is 6.20 Å². The molecule has 0 spiro atoms. The van der Waals surface area contributed by atoms with Crippen LogP contribution in [0.15, 0.2) is 64.5 Å². The largest absolute Gasteiger partial charge is 0.480 e. The summed E-state index contributed by atoms with van der Waals surface area (Å²) in [7, 11) is -2.76. The minimum atomic E-state index is -4.64. The molecule has 1 aromatic carbocycles. The molecule has 0 fully saturated rings. The summed E-state index contributed by atoms with van der Waals surface area (Å²) in [6.45, 7) is 0. The molecule has 0 amide bonds. The van der Waals surface area contributed by atoms with Gasteiger partial charge < -0.3 is 27.6 Å². The zero-order valence-electron chi connectivity index (χ0n) is 18.6. The molecule has 1 aliphatic rings. The van der Waals surface area contributed by atoms with Crippen molar-refractivity contribution in [2.75, 3.05) is 0 Å². The lowest BCUT2D eigenvalue weighted by atomic mass is 9.98. The van der Waals surface area contributed by atoms with Crippen molar-refractivity contribution in [3.8, 4) is 23.0 Å². The van der Waals surface area contributed by atoms with Crippen molar-refractivity contribution in [3.63, 3.8) is 0 Å². The highest BCUT2D eigenvalue weighted by atomic mass is 32.2. The van der Waals surface area contributed by atoms with E-state index in [9.17, 15) is 22.9 Å². The quantitative estimate of drug-likeness (QED) is 0.104. The fourth-order valence-corrected chi connectivity index (χ4v) is 4.29. The number of pyridine rings is 1. The van der Waals surface area contributed by atoms with Crippen molar-refractivity contribution < 1.29 is 27.4 Å². The summed E-state index contributed by atoms with van der Waals surface area (Å²) in [6, 6.07) is 7.44. The smallest absolute Gasteiger partial charge is 0.327 e. The number of aliphatic imine (C=N–C) groups is 2. The first-order valence-electron chi connectivity index (χ1n) is 10.1. The Bertz CT molecular complexity index is 1400. The zero-order chi connectivity index (χ0) is 25.8. The Morgan fingerprint density at radius 1 is 1.17 bits per heavy atom. The number of nitrogens with two attached hydrogens (primary N) is 3. The van der Waals surface area contributed by atoms with E-state index >= 15 is 0 Å². The maximum Gasteiger partial charge on any atom is 0.327 e. The van der Waals surface area contributed by atoms with E-state index in [1.807, 2.05) is 36.1 Å². The highest BCUT2D eigenvalue weighted by Crippen LogP contribution is 2.27. The second kappa shape index (κ2) is 10.2. The van der Waals surface area contributed by atoms with Crippen LogP contribution in [0.25, 0.3) is 11.1 Å². The SMILES string of the molecule is C[n+]1ccc(-c2ccc(N=C(N)N=C(N)N)cc2C#CC2=CN[C@H](C(=O)O)[C@H](S(=O)(=O)O)C2)cc1. The molecule has 2 aromatic rings. The third-order valence-electron chi connectivity index (χ3n) is 5.02. The molecule has 1 aliphatic heterocycles. The molecular formula is C22H24N7O5S+. The summed E-state index contributed by atoms with van der Waals surface area (Å²) in [4.78, 5) is 19.2. The fraction of sp³-hybridized carbons (Fsp3) is 0.182. The molecular weight excluding hydrogens is 474 g/mol. The molecule has 1 aromatic heterocycles. The lowest BCUT2D eigenvalue weighted by Gasteiger charge is -2.25. The number of hydrogen-bond acceptors (Lipinski definition) is 5. The summed E-state index contributed by atoms with van der Waals surface area (Å²) in [5, 5.41) is 10.2. The Labute approximate surface area is 201 Å². The van der Waals surface area contributed by atoms with Crippen LogP contribution in [-0.2, 0) is 22.0 Å². The predicted octanol–water partition coefficient (Wildman–Crippen LogP) is -0.664. The van der Waals surface area contributed by atoms with Gasteiger partial charge in [0.2, 0.25) is 5.96 Å². The first kappa shape index (κ1) is 25.2. The number of carboxylic acid groups (broad SMARTS) is 1. The molecule has 9 N–H and O–H groups in total. The van der Waals surface area contributed by atoms with Crippen LogP contribution >= 0.6 is 0 Å². The molecule has 3 rings (SSSR count). The number of rotatable bonds is 4. The number of aryl methyl sites for hydroxylation is 1. The van der Waals surface area contributed by atoms with Crippen LogP contribution in [0.2, 0.25) is 0 Å². The van der Waals surface area contributed by atoms with Crippen molar-refractivity contribution in [1.82, 2.24) is 5.32 Å². The van der Waals surface area contributed by atoms with Gasteiger partial charge in [0, 0.05) is 35.9 Å². The van der Waals surface area contributed by atoms with Gasteiger partial charge in [0.15, 0.2) is 18.4 Å². The first-order chi connectivity index (χ1) is 16.4. The number of nitrogens with zero attached hydrogens (tertiary/aromatic N) is 3. The van der Waals surface area contributed by atoms with Crippen LogP contribution in [0.1, 0.15) is 12.0 Å². The van der Waals surface area contributed by atoms with Gasteiger partial charge in [-0.1, -0.05) is 17.9 Å². The van der Waals surface area contributed by atoms with E-state index < -0.39 is 27.4 Å². The van der Waals surface area contributed by atoms with Gasteiger partial charge in [0.1, 0.15) is 18.3 Å². The lowest BCUT2D eigenvalue weighted by Crippen LogP contribution is -2.50. The Balaban J connectivity index is 2.06. The number of benzene rings is 1. The average molecular weight is 499 g/mol. The van der Waals surface area contributed by atoms with Gasteiger partial charge in [-0.25, -0.2) is 14.4 Å². The second-order valence-electron chi connectivity index (χ2n) is 7.65. The molecule has 0 saturated carbocycles. The number of aliphatic carboxylic acids is 1. The van der Waals surface area contributed by atoms with E-state index in [-0.39, 0.29) is 18.3 Å². The summed E-state index contributed by atoms with van der Waals surface area (Å²) >= 11 is 0. The number of carbonyl (C=O) groups is 1. The molecule has 13 heteroatoms. The van der Waals surface area contributed by atoms with Crippen LogP contribution in [0, 0.1) is 11.8 Å². The number of nitrogens with one attached hydrogen (secondary N) is 1. The maximum absolute atomic E-state index is 11.7. The van der Waals surface area contributed by atoms with Gasteiger partial charge in [-0.3, -0.25) is 4.55 Å². The predicted molar refractivity (Wildman–Crippen MR) is 130 cm³/mol. The number of allylic oxidation sites excluding steroid dienone is 1. The summed E-state index contributed by atoms with van der Waals surface area (Å²) in [5.74, 6) is 4.04. The minimum Gasteiger partial charge on any atom is -0.480 e. The fourth-order valence-electron chi connectivity index (χ4n) is 3.36. The molecule has 2 heterocycles. The third-order valence-corrected chi connectivity index (χ3v) is 6.22. The summed E-state index contributed by atoms with van der Waals surface area (Å²) in [6.07, 6.45) is 4.79. The van der Waals surface area contributed by atoms with Crippen LogP contribution in [0.4, 0.5) is 5.69 Å². The number of hydrogen-bond donors (Lipinski definition) is 6. The van der Waals surface area contributed by atoms with Crippen LogP contribution < -0.4 is 27.1 Å². The third kappa shape index (κ3) is 6.56. The average Bonchev–Trinajstić information content (AvgIpc) is 2.77. The van der Waals surface area contributed by atoms with Crippen LogP contribution in [0.5, 0.6) is 0 Å². The number of guanidine groups is 2. The molecule has 0 bridgehead atoms. The Hall–Kier alpha value is -4.41. The highest BCUT2D eigenvalue weighted by Gasteiger charge is 2.39. The molecule has 182 valence electrons. The number of aromatic nitrogens is 1. The van der Waals surface area contributed by atoms with Crippen molar-refractivity contribution in [2.45, 2.75) is 17.7 Å². The molecule has 12 nitrogen and oxygen atoms in total. The normalized spacial score (nSPS) is 17.9. The van der Waals surface area contributed by atoms with E-state index in [2.05, 4.69) is 27.1 Å². The van der Waals surface area contributed by atoms with Crippen molar-refractivity contribution in [3.05, 3.63) is 60.1 Å².